The van der Waals surface area contributed by atoms with Gasteiger partial charge in [0.1, 0.15) is 0 Å². The van der Waals surface area contributed by atoms with E-state index in [1.807, 2.05) is 30.0 Å². The van der Waals surface area contributed by atoms with Gasteiger partial charge in [0.25, 0.3) is 5.91 Å². The highest BCUT2D eigenvalue weighted by molar-refractivity contribution is 9.10. The van der Waals surface area contributed by atoms with Crippen LogP contribution in [-0.2, 0) is 0 Å². The third kappa shape index (κ3) is 3.07. The van der Waals surface area contributed by atoms with Crippen LogP contribution >= 0.6 is 15.9 Å². The number of amides is 1. The minimum Gasteiger partial charge on any atom is -0.336 e. The van der Waals surface area contributed by atoms with Crippen molar-refractivity contribution >= 4 is 21.8 Å². The molecular weight excluding hydrogens is 280 g/mol. The molecular formula is C13H17BrN2O. The summed E-state index contributed by atoms with van der Waals surface area (Å²) < 4.78 is 0.962. The van der Waals surface area contributed by atoms with Crippen LogP contribution in [0.2, 0.25) is 0 Å². The summed E-state index contributed by atoms with van der Waals surface area (Å²) in [5, 5.41) is 3.34. The molecule has 1 aliphatic rings. The lowest BCUT2D eigenvalue weighted by Crippen LogP contribution is -2.51. The summed E-state index contributed by atoms with van der Waals surface area (Å²) in [5.74, 6) is 0.128. The van der Waals surface area contributed by atoms with E-state index >= 15 is 0 Å². The van der Waals surface area contributed by atoms with Crippen LogP contribution in [0.1, 0.15) is 22.8 Å². The van der Waals surface area contributed by atoms with Crippen LogP contribution in [-0.4, -0.2) is 36.5 Å². The lowest BCUT2D eigenvalue weighted by atomic mass is 10.1. The van der Waals surface area contributed by atoms with Crippen LogP contribution in [0.25, 0.3) is 0 Å². The van der Waals surface area contributed by atoms with Gasteiger partial charge >= 0.3 is 0 Å². The fraction of sp³-hybridized carbons (Fsp3) is 0.462. The maximum Gasteiger partial charge on any atom is 0.253 e. The summed E-state index contributed by atoms with van der Waals surface area (Å²) in [4.78, 5) is 14.2. The molecule has 0 aromatic heterocycles. The Morgan fingerprint density at radius 3 is 2.88 bits per heavy atom. The number of nitrogens with one attached hydrogen (secondary N) is 1. The van der Waals surface area contributed by atoms with Gasteiger partial charge in [-0.1, -0.05) is 15.9 Å². The summed E-state index contributed by atoms with van der Waals surface area (Å²) in [6, 6.07) is 6.22. The Balaban J connectivity index is 2.18. The Bertz CT molecular complexity index is 413. The van der Waals surface area contributed by atoms with Gasteiger partial charge in [-0.05, 0) is 37.6 Å². The molecule has 1 saturated heterocycles. The van der Waals surface area contributed by atoms with Crippen LogP contribution in [0.4, 0.5) is 0 Å². The van der Waals surface area contributed by atoms with Gasteiger partial charge in [-0.2, -0.15) is 0 Å². The SMILES string of the molecule is Cc1cc(Br)cc(C(=O)N2CCN[C@@H](C)C2)c1. The van der Waals surface area contributed by atoms with Crippen molar-refractivity contribution in [3.63, 3.8) is 0 Å². The lowest BCUT2D eigenvalue weighted by molar-refractivity contribution is 0.0709. The zero-order valence-electron chi connectivity index (χ0n) is 10.2. The Morgan fingerprint density at radius 2 is 2.24 bits per heavy atom. The molecule has 0 aliphatic carbocycles. The Hall–Kier alpha value is -0.870. The van der Waals surface area contributed by atoms with Crippen LogP contribution < -0.4 is 5.32 Å². The van der Waals surface area contributed by atoms with Gasteiger partial charge in [0.05, 0.1) is 0 Å². The van der Waals surface area contributed by atoms with Crippen molar-refractivity contribution in [1.82, 2.24) is 10.2 Å². The average molecular weight is 297 g/mol. The van der Waals surface area contributed by atoms with E-state index < -0.39 is 0 Å². The number of halogens is 1. The van der Waals surface area contributed by atoms with Crippen molar-refractivity contribution in [1.29, 1.82) is 0 Å². The highest BCUT2D eigenvalue weighted by atomic mass is 79.9. The van der Waals surface area contributed by atoms with E-state index in [9.17, 15) is 4.79 Å². The van der Waals surface area contributed by atoms with Crippen LogP contribution in [0.15, 0.2) is 22.7 Å². The van der Waals surface area contributed by atoms with Gasteiger partial charge in [-0.25, -0.2) is 0 Å². The van der Waals surface area contributed by atoms with E-state index in [4.69, 9.17) is 0 Å². The van der Waals surface area contributed by atoms with E-state index in [0.29, 0.717) is 6.04 Å². The molecule has 1 N–H and O–H groups in total. The molecule has 3 nitrogen and oxygen atoms in total. The Labute approximate surface area is 110 Å². The molecule has 0 saturated carbocycles. The van der Waals surface area contributed by atoms with Crippen molar-refractivity contribution in [2.75, 3.05) is 19.6 Å². The van der Waals surface area contributed by atoms with Gasteiger partial charge in [0.2, 0.25) is 0 Å². The lowest BCUT2D eigenvalue weighted by Gasteiger charge is -2.32. The topological polar surface area (TPSA) is 32.3 Å². The second-order valence-corrected chi connectivity index (χ2v) is 5.54. The molecule has 0 spiro atoms. The molecule has 0 unspecified atom stereocenters. The molecule has 92 valence electrons. The van der Waals surface area contributed by atoms with Crippen LogP contribution in [0, 0.1) is 6.92 Å². The molecule has 4 heteroatoms. The number of benzene rings is 1. The van der Waals surface area contributed by atoms with Crippen LogP contribution in [0.3, 0.4) is 0 Å². The monoisotopic (exact) mass is 296 g/mol. The van der Waals surface area contributed by atoms with Gasteiger partial charge in [-0.15, -0.1) is 0 Å². The number of carbonyl (C=O) groups excluding carboxylic acids is 1. The summed E-state index contributed by atoms with van der Waals surface area (Å²) in [6.45, 7) is 6.55. The maximum atomic E-state index is 12.3. The first kappa shape index (κ1) is 12.6. The molecule has 2 rings (SSSR count). The van der Waals surface area contributed by atoms with Gasteiger partial charge in [0.15, 0.2) is 0 Å². The molecule has 1 atom stereocenters. The first-order valence-electron chi connectivity index (χ1n) is 5.86. The first-order valence-corrected chi connectivity index (χ1v) is 6.65. The quantitative estimate of drug-likeness (QED) is 0.862. The first-order chi connectivity index (χ1) is 8.06. The minimum absolute atomic E-state index is 0.128. The number of carbonyl (C=O) groups is 1. The number of aryl methyl sites for hydroxylation is 1. The third-order valence-electron chi connectivity index (χ3n) is 2.95. The molecule has 1 aromatic carbocycles. The normalized spacial score (nSPS) is 20.4. The summed E-state index contributed by atoms with van der Waals surface area (Å²) in [6.07, 6.45) is 0. The molecule has 1 heterocycles. The third-order valence-corrected chi connectivity index (χ3v) is 3.40. The van der Waals surface area contributed by atoms with E-state index in [-0.39, 0.29) is 5.91 Å². The zero-order valence-corrected chi connectivity index (χ0v) is 11.8. The molecule has 1 aromatic rings. The smallest absolute Gasteiger partial charge is 0.253 e. The highest BCUT2D eigenvalue weighted by Crippen LogP contribution is 2.17. The van der Waals surface area contributed by atoms with E-state index in [1.54, 1.807) is 0 Å². The predicted molar refractivity (Wildman–Crippen MR) is 72.2 cm³/mol. The number of hydrogen-bond acceptors (Lipinski definition) is 2. The minimum atomic E-state index is 0.128. The fourth-order valence-electron chi connectivity index (χ4n) is 2.16. The average Bonchev–Trinajstić information content (AvgIpc) is 2.26. The molecule has 17 heavy (non-hydrogen) atoms. The largest absolute Gasteiger partial charge is 0.336 e. The number of hydrogen-bond donors (Lipinski definition) is 1. The van der Waals surface area contributed by atoms with Crippen molar-refractivity contribution in [3.05, 3.63) is 33.8 Å². The van der Waals surface area contributed by atoms with E-state index in [2.05, 4.69) is 28.2 Å². The predicted octanol–water partition coefficient (Wildman–Crippen LogP) is 2.19. The standard InChI is InChI=1S/C13H17BrN2O/c1-9-5-11(7-12(14)6-9)13(17)16-4-3-15-10(2)8-16/h5-7,10,15H,3-4,8H2,1-2H3/t10-/m0/s1. The summed E-state index contributed by atoms with van der Waals surface area (Å²) in [5.41, 5.74) is 1.87. The van der Waals surface area contributed by atoms with Gasteiger partial charge in [0, 0.05) is 35.7 Å². The zero-order chi connectivity index (χ0) is 12.4. The Morgan fingerprint density at radius 1 is 1.47 bits per heavy atom. The molecule has 0 radical (unpaired) electrons. The molecule has 1 amide bonds. The number of piperazine rings is 1. The van der Waals surface area contributed by atoms with Gasteiger partial charge < -0.3 is 10.2 Å². The molecule has 1 fully saturated rings. The number of nitrogens with zero attached hydrogens (tertiary/aromatic N) is 1. The highest BCUT2D eigenvalue weighted by Gasteiger charge is 2.21. The second-order valence-electron chi connectivity index (χ2n) is 4.62. The van der Waals surface area contributed by atoms with Crippen molar-refractivity contribution in [3.8, 4) is 0 Å². The molecule has 0 bridgehead atoms. The van der Waals surface area contributed by atoms with Crippen molar-refractivity contribution in [2.24, 2.45) is 0 Å². The van der Waals surface area contributed by atoms with Gasteiger partial charge in [-0.3, -0.25) is 4.79 Å². The van der Waals surface area contributed by atoms with E-state index in [0.717, 1.165) is 35.2 Å². The fourth-order valence-corrected chi connectivity index (χ4v) is 2.77. The van der Waals surface area contributed by atoms with Crippen molar-refractivity contribution in [2.45, 2.75) is 19.9 Å². The number of rotatable bonds is 1. The van der Waals surface area contributed by atoms with Crippen LogP contribution in [0.5, 0.6) is 0 Å². The van der Waals surface area contributed by atoms with E-state index in [1.165, 1.54) is 0 Å². The maximum absolute atomic E-state index is 12.3. The molecule has 1 aliphatic heterocycles. The van der Waals surface area contributed by atoms with Crippen molar-refractivity contribution < 1.29 is 4.79 Å². The second kappa shape index (κ2) is 5.19. The summed E-state index contributed by atoms with van der Waals surface area (Å²) >= 11 is 3.43. The summed E-state index contributed by atoms with van der Waals surface area (Å²) in [7, 11) is 0. The Kier molecular flexibility index (Phi) is 3.84.